The molecule has 59 heavy (non-hydrogen) atoms. The van der Waals surface area contributed by atoms with Gasteiger partial charge in [0.15, 0.2) is 11.5 Å². The van der Waals surface area contributed by atoms with Gasteiger partial charge < -0.3 is 50.6 Å². The molecule has 0 heterocycles. The first-order valence-corrected chi connectivity index (χ1v) is 22.1. The van der Waals surface area contributed by atoms with E-state index < -0.39 is 35.4 Å². The second-order valence-electron chi connectivity index (χ2n) is 18.5. The standard InChI is InChI=1S/C45H71N3O11/c1-6-7-8-9-18-45(4,55)37-15-12-31-30-25-35(50)33-24-29(16-19-43(33,2)32(30)17-20-44(31,37)3)59-42(54)47-26-28(49)11-10-21-57-22-23-58-27-38(51)48-34-13-14-36(56-5)39(40(34)52)41(46)53/h13-14,29-33,35,37,50,52,55H,6-12,15-27H2,1-5H3,(H2,46,53)(H,47,54)(H,48,51)/t29-,30-,31-,32-,33+,35-,37-,43+,44-,45-/m0/s1. The lowest BCUT2D eigenvalue weighted by Gasteiger charge is -2.62. The third-order valence-corrected chi connectivity index (χ3v) is 14.9. The lowest BCUT2D eigenvalue weighted by atomic mass is 9.43. The molecule has 0 bridgehead atoms. The molecular formula is C45H71N3O11. The van der Waals surface area contributed by atoms with Crippen LogP contribution in [0, 0.1) is 40.4 Å². The highest BCUT2D eigenvalue weighted by Crippen LogP contribution is 2.69. The number of nitrogens with two attached hydrogens (primary N) is 1. The number of benzene rings is 1. The molecule has 14 nitrogen and oxygen atoms in total. The number of Topliss-reactive ketones (excluding diaryl/α,β-unsaturated/α-hetero) is 1. The second kappa shape index (κ2) is 20.4. The maximum atomic E-state index is 12.8. The highest BCUT2D eigenvalue weighted by atomic mass is 16.6. The molecule has 4 saturated carbocycles. The Labute approximate surface area is 350 Å². The van der Waals surface area contributed by atoms with Gasteiger partial charge in [0.2, 0.25) is 5.91 Å². The van der Waals surface area contributed by atoms with E-state index in [1.165, 1.54) is 38.5 Å². The molecule has 3 amide bonds. The zero-order chi connectivity index (χ0) is 43.0. The zero-order valence-corrected chi connectivity index (χ0v) is 36.0. The van der Waals surface area contributed by atoms with Gasteiger partial charge in [-0.3, -0.25) is 14.4 Å². The van der Waals surface area contributed by atoms with Gasteiger partial charge in [0.05, 0.1) is 44.3 Å². The monoisotopic (exact) mass is 830 g/mol. The van der Waals surface area contributed by atoms with Gasteiger partial charge in [-0.25, -0.2) is 4.79 Å². The van der Waals surface area contributed by atoms with Crippen LogP contribution in [0.15, 0.2) is 12.1 Å². The second-order valence-corrected chi connectivity index (χ2v) is 18.5. The van der Waals surface area contributed by atoms with Crippen molar-refractivity contribution in [2.45, 2.75) is 142 Å². The number of hydrogen-bond acceptors (Lipinski definition) is 11. The van der Waals surface area contributed by atoms with Gasteiger partial charge in [0.25, 0.3) is 5.91 Å². The van der Waals surface area contributed by atoms with E-state index in [1.54, 1.807) is 0 Å². The van der Waals surface area contributed by atoms with Crippen molar-refractivity contribution in [2.24, 2.45) is 46.2 Å². The van der Waals surface area contributed by atoms with E-state index >= 15 is 0 Å². The molecule has 0 aromatic heterocycles. The van der Waals surface area contributed by atoms with Gasteiger partial charge in [0.1, 0.15) is 24.0 Å². The van der Waals surface area contributed by atoms with Gasteiger partial charge in [-0.2, -0.15) is 0 Å². The zero-order valence-electron chi connectivity index (χ0n) is 36.0. The molecule has 0 saturated heterocycles. The van der Waals surface area contributed by atoms with Crippen molar-refractivity contribution < 1.29 is 53.4 Å². The number of rotatable bonds is 21. The molecule has 1 aromatic carbocycles. The van der Waals surface area contributed by atoms with Crippen molar-refractivity contribution in [1.29, 1.82) is 0 Å². The summed E-state index contributed by atoms with van der Waals surface area (Å²) in [5.74, 6) is -0.236. The molecule has 1 aromatic rings. The number of alkyl carbamates (subject to hydrolysis) is 1. The van der Waals surface area contributed by atoms with Crippen molar-refractivity contribution in [1.82, 2.24) is 5.32 Å². The minimum absolute atomic E-state index is 0.0132. The summed E-state index contributed by atoms with van der Waals surface area (Å²) in [6, 6.07) is 2.78. The molecule has 332 valence electrons. The lowest BCUT2D eigenvalue weighted by molar-refractivity contribution is -0.179. The summed E-state index contributed by atoms with van der Waals surface area (Å²) in [5, 5.41) is 38.9. The third-order valence-electron chi connectivity index (χ3n) is 14.9. The molecule has 10 atom stereocenters. The predicted molar refractivity (Wildman–Crippen MR) is 222 cm³/mol. The molecule has 0 radical (unpaired) electrons. The fourth-order valence-electron chi connectivity index (χ4n) is 12.0. The van der Waals surface area contributed by atoms with E-state index in [9.17, 15) is 34.5 Å². The van der Waals surface area contributed by atoms with E-state index in [0.29, 0.717) is 36.5 Å². The first-order valence-electron chi connectivity index (χ1n) is 22.1. The van der Waals surface area contributed by atoms with Crippen molar-refractivity contribution in [3.05, 3.63) is 17.7 Å². The predicted octanol–water partition coefficient (Wildman–Crippen LogP) is 6.27. The molecule has 7 N–H and O–H groups in total. The molecule has 4 fully saturated rings. The Morgan fingerprint density at radius 2 is 1.64 bits per heavy atom. The maximum absolute atomic E-state index is 12.8. The number of ketones is 1. The van der Waals surface area contributed by atoms with Gasteiger partial charge in [-0.05, 0) is 124 Å². The Hall–Kier alpha value is -3.46. The number of unbranched alkanes of at least 4 members (excludes halogenated alkanes) is 3. The molecule has 0 spiro atoms. The Bertz CT molecular complexity index is 1620. The summed E-state index contributed by atoms with van der Waals surface area (Å²) < 4.78 is 21.6. The Morgan fingerprint density at radius 1 is 0.915 bits per heavy atom. The number of aromatic hydroxyl groups is 1. The SMILES string of the molecule is CCCCCC[C@](C)(O)[C@H]1CC[C@H]2[C@@H]3C[C@H](O)[C@H]4C[C@@H](OC(=O)NCC(=O)CCCOCCOCC(=O)Nc5ccc(OC)c(C(N)=O)c5O)CC[C@]4(C)[C@H]3CC[C@@]21C. The molecule has 4 aliphatic carbocycles. The van der Waals surface area contributed by atoms with Gasteiger partial charge in [-0.15, -0.1) is 0 Å². The summed E-state index contributed by atoms with van der Waals surface area (Å²) in [6.45, 7) is 9.22. The van der Waals surface area contributed by atoms with Gasteiger partial charge >= 0.3 is 6.09 Å². The largest absolute Gasteiger partial charge is 0.505 e. The van der Waals surface area contributed by atoms with Crippen LogP contribution in [0.4, 0.5) is 10.5 Å². The minimum atomic E-state index is -0.906. The van der Waals surface area contributed by atoms with Crippen LogP contribution in [0.5, 0.6) is 11.5 Å². The summed E-state index contributed by atoms with van der Waals surface area (Å²) in [5.41, 5.74) is 4.45. The highest BCUT2D eigenvalue weighted by molar-refractivity contribution is 6.02. The first-order chi connectivity index (χ1) is 28.0. The van der Waals surface area contributed by atoms with Crippen LogP contribution in [-0.2, 0) is 23.8 Å². The van der Waals surface area contributed by atoms with Gasteiger partial charge in [0, 0.05) is 13.0 Å². The Kier molecular flexibility index (Phi) is 16.1. The van der Waals surface area contributed by atoms with E-state index in [0.717, 1.165) is 57.8 Å². The number of methoxy groups -OCH3 is 1. The van der Waals surface area contributed by atoms with Crippen molar-refractivity contribution in [2.75, 3.05) is 45.4 Å². The van der Waals surface area contributed by atoms with Crippen molar-refractivity contribution in [3.63, 3.8) is 0 Å². The van der Waals surface area contributed by atoms with Crippen molar-refractivity contribution >= 4 is 29.4 Å². The molecule has 5 rings (SSSR count). The average molecular weight is 830 g/mol. The fraction of sp³-hybridized carbons (Fsp3) is 0.778. The number of anilines is 1. The maximum Gasteiger partial charge on any atom is 0.407 e. The van der Waals surface area contributed by atoms with Crippen LogP contribution in [0.2, 0.25) is 0 Å². The number of ether oxygens (including phenoxy) is 4. The number of carbonyl (C=O) groups is 4. The molecule has 4 aliphatic rings. The summed E-state index contributed by atoms with van der Waals surface area (Å²) in [7, 11) is 1.32. The molecule has 14 heteroatoms. The molecule has 0 unspecified atom stereocenters. The van der Waals surface area contributed by atoms with Crippen LogP contribution >= 0.6 is 0 Å². The van der Waals surface area contributed by atoms with E-state index in [-0.39, 0.29) is 85.0 Å². The molecule has 0 aliphatic heterocycles. The van der Waals surface area contributed by atoms with Crippen molar-refractivity contribution in [3.8, 4) is 11.5 Å². The summed E-state index contributed by atoms with van der Waals surface area (Å²) in [6.07, 6.45) is 12.2. The quantitative estimate of drug-likeness (QED) is 0.0600. The van der Waals surface area contributed by atoms with E-state index in [2.05, 4.69) is 38.3 Å². The summed E-state index contributed by atoms with van der Waals surface area (Å²) >= 11 is 0. The number of carbonyl (C=O) groups excluding carboxylic acids is 4. The number of fused-ring (bicyclic) bond motifs is 5. The smallest absolute Gasteiger partial charge is 0.407 e. The summed E-state index contributed by atoms with van der Waals surface area (Å²) in [4.78, 5) is 49.1. The molecular weight excluding hydrogens is 759 g/mol. The van der Waals surface area contributed by atoms with Crippen LogP contribution in [0.3, 0.4) is 0 Å². The Balaban J connectivity index is 0.961. The normalized spacial score (nSPS) is 30.9. The van der Waals surface area contributed by atoms with E-state index in [1.807, 2.05) is 0 Å². The topological polar surface area (TPSA) is 216 Å². The number of primary amides is 1. The highest BCUT2D eigenvalue weighted by Gasteiger charge is 2.64. The van der Waals surface area contributed by atoms with Crippen LogP contribution in [0.1, 0.15) is 134 Å². The fourth-order valence-corrected chi connectivity index (χ4v) is 12.0. The number of aliphatic hydroxyl groups excluding tert-OH is 1. The first kappa shape index (κ1) is 46.6. The Morgan fingerprint density at radius 3 is 2.37 bits per heavy atom. The number of phenols is 1. The van der Waals surface area contributed by atoms with E-state index in [4.69, 9.17) is 24.7 Å². The lowest BCUT2D eigenvalue weighted by Crippen LogP contribution is -2.59. The van der Waals surface area contributed by atoms with Crippen LogP contribution in [0.25, 0.3) is 0 Å². The minimum Gasteiger partial charge on any atom is -0.505 e. The van der Waals surface area contributed by atoms with Crippen LogP contribution < -0.4 is 21.1 Å². The van der Waals surface area contributed by atoms with Crippen LogP contribution in [-0.4, -0.2) is 96.9 Å². The number of hydrogen-bond donors (Lipinski definition) is 6. The third kappa shape index (κ3) is 10.9. The number of aliphatic hydroxyl groups is 2. The van der Waals surface area contributed by atoms with Gasteiger partial charge in [-0.1, -0.05) is 46.5 Å². The average Bonchev–Trinajstić information content (AvgIpc) is 3.56. The number of nitrogens with one attached hydrogen (secondary N) is 2. The number of amides is 3.